The van der Waals surface area contributed by atoms with E-state index < -0.39 is 0 Å². The van der Waals surface area contributed by atoms with Crippen molar-refractivity contribution in [3.8, 4) is 5.75 Å². The van der Waals surface area contributed by atoms with Gasteiger partial charge in [-0.25, -0.2) is 0 Å². The van der Waals surface area contributed by atoms with Crippen LogP contribution in [0.5, 0.6) is 5.75 Å². The van der Waals surface area contributed by atoms with E-state index in [1.807, 2.05) is 32.0 Å². The zero-order valence-corrected chi connectivity index (χ0v) is 11.3. The van der Waals surface area contributed by atoms with Gasteiger partial charge in [0, 0.05) is 13.2 Å². The van der Waals surface area contributed by atoms with Crippen LogP contribution >= 0.6 is 11.6 Å². The lowest BCUT2D eigenvalue weighted by Gasteiger charge is -2.18. The Hall–Kier alpha value is -0.770. The highest BCUT2D eigenvalue weighted by Gasteiger charge is 2.13. The van der Waals surface area contributed by atoms with Crippen molar-refractivity contribution in [1.82, 2.24) is 0 Å². The monoisotopic (exact) mass is 257 g/mol. The standard InChI is InChI=1S/C13H20ClNO2/c1-9(15)7-11-5-4-6-12(14)13(11)17-10(2)8-16-3/h4-6,9-10H,7-8,15H2,1-3H3. The Morgan fingerprint density at radius 2 is 2.06 bits per heavy atom. The lowest BCUT2D eigenvalue weighted by molar-refractivity contribution is 0.0914. The van der Waals surface area contributed by atoms with E-state index >= 15 is 0 Å². The largest absolute Gasteiger partial charge is 0.486 e. The molecule has 2 unspecified atom stereocenters. The van der Waals surface area contributed by atoms with E-state index in [0.717, 1.165) is 17.7 Å². The van der Waals surface area contributed by atoms with E-state index in [0.29, 0.717) is 11.6 Å². The first-order chi connectivity index (χ1) is 8.04. The van der Waals surface area contributed by atoms with Crippen molar-refractivity contribution in [3.05, 3.63) is 28.8 Å². The fraction of sp³-hybridized carbons (Fsp3) is 0.538. The molecule has 1 rings (SSSR count). The van der Waals surface area contributed by atoms with Crippen LogP contribution in [-0.4, -0.2) is 25.9 Å². The van der Waals surface area contributed by atoms with Crippen molar-refractivity contribution in [2.24, 2.45) is 5.73 Å². The van der Waals surface area contributed by atoms with Crippen molar-refractivity contribution in [2.75, 3.05) is 13.7 Å². The summed E-state index contributed by atoms with van der Waals surface area (Å²) in [5.41, 5.74) is 6.85. The molecule has 0 saturated heterocycles. The van der Waals surface area contributed by atoms with Gasteiger partial charge in [0.1, 0.15) is 11.9 Å². The maximum Gasteiger partial charge on any atom is 0.141 e. The number of para-hydroxylation sites is 1. The van der Waals surface area contributed by atoms with Crippen LogP contribution in [0.15, 0.2) is 18.2 Å². The highest BCUT2D eigenvalue weighted by Crippen LogP contribution is 2.30. The van der Waals surface area contributed by atoms with Crippen LogP contribution in [0.25, 0.3) is 0 Å². The van der Waals surface area contributed by atoms with Gasteiger partial charge in [-0.15, -0.1) is 0 Å². The maximum absolute atomic E-state index is 6.15. The molecule has 2 atom stereocenters. The topological polar surface area (TPSA) is 44.5 Å². The zero-order valence-electron chi connectivity index (χ0n) is 10.6. The summed E-state index contributed by atoms with van der Waals surface area (Å²) in [6, 6.07) is 5.80. The molecule has 17 heavy (non-hydrogen) atoms. The van der Waals surface area contributed by atoms with Gasteiger partial charge in [-0.3, -0.25) is 0 Å². The van der Waals surface area contributed by atoms with E-state index in [2.05, 4.69) is 0 Å². The lowest BCUT2D eigenvalue weighted by Crippen LogP contribution is -2.21. The molecule has 0 aromatic heterocycles. The minimum absolute atomic E-state index is 0.0354. The highest BCUT2D eigenvalue weighted by atomic mass is 35.5. The zero-order chi connectivity index (χ0) is 12.8. The molecule has 1 aromatic carbocycles. The maximum atomic E-state index is 6.15. The Bertz CT molecular complexity index is 355. The number of rotatable bonds is 6. The molecule has 0 aliphatic rings. The van der Waals surface area contributed by atoms with E-state index in [1.54, 1.807) is 7.11 Å². The first kappa shape index (κ1) is 14.3. The van der Waals surface area contributed by atoms with E-state index in [1.165, 1.54) is 0 Å². The summed E-state index contributed by atoms with van der Waals surface area (Å²) in [7, 11) is 1.65. The van der Waals surface area contributed by atoms with Crippen LogP contribution in [0.4, 0.5) is 0 Å². The fourth-order valence-corrected chi connectivity index (χ4v) is 1.90. The van der Waals surface area contributed by atoms with Crippen LogP contribution in [0.1, 0.15) is 19.4 Å². The molecule has 0 spiro atoms. The van der Waals surface area contributed by atoms with Gasteiger partial charge < -0.3 is 15.2 Å². The van der Waals surface area contributed by atoms with E-state index in [-0.39, 0.29) is 12.1 Å². The first-order valence-electron chi connectivity index (χ1n) is 5.73. The third-order valence-electron chi connectivity index (χ3n) is 2.31. The van der Waals surface area contributed by atoms with Crippen LogP contribution in [0.3, 0.4) is 0 Å². The fourth-order valence-electron chi connectivity index (χ4n) is 1.66. The minimum atomic E-state index is -0.0354. The third kappa shape index (κ3) is 4.54. The molecule has 0 bridgehead atoms. The summed E-state index contributed by atoms with van der Waals surface area (Å²) in [5, 5.41) is 0.617. The lowest BCUT2D eigenvalue weighted by atomic mass is 10.1. The van der Waals surface area contributed by atoms with Crippen LogP contribution in [0.2, 0.25) is 5.02 Å². The molecular formula is C13H20ClNO2. The van der Waals surface area contributed by atoms with Crippen LogP contribution < -0.4 is 10.5 Å². The Kier molecular flexibility index (Phi) is 5.75. The molecule has 3 nitrogen and oxygen atoms in total. The van der Waals surface area contributed by atoms with Gasteiger partial charge in [-0.05, 0) is 31.9 Å². The number of ether oxygens (including phenoxy) is 2. The van der Waals surface area contributed by atoms with Gasteiger partial charge in [0.2, 0.25) is 0 Å². The molecule has 96 valence electrons. The van der Waals surface area contributed by atoms with Crippen molar-refractivity contribution in [2.45, 2.75) is 32.4 Å². The molecule has 0 aliphatic heterocycles. The Balaban J connectivity index is 2.87. The summed E-state index contributed by atoms with van der Waals surface area (Å²) in [4.78, 5) is 0. The number of halogens is 1. The summed E-state index contributed by atoms with van der Waals surface area (Å²) < 4.78 is 10.8. The van der Waals surface area contributed by atoms with E-state index in [4.69, 9.17) is 26.8 Å². The number of hydrogen-bond donors (Lipinski definition) is 1. The number of benzene rings is 1. The van der Waals surface area contributed by atoms with Crippen LogP contribution in [0, 0.1) is 0 Å². The molecule has 0 saturated carbocycles. The van der Waals surface area contributed by atoms with Gasteiger partial charge in [0.15, 0.2) is 0 Å². The summed E-state index contributed by atoms with van der Waals surface area (Å²) in [5.74, 6) is 0.719. The molecular weight excluding hydrogens is 238 g/mol. The van der Waals surface area contributed by atoms with E-state index in [9.17, 15) is 0 Å². The van der Waals surface area contributed by atoms with Crippen molar-refractivity contribution < 1.29 is 9.47 Å². The molecule has 0 aliphatic carbocycles. The number of hydrogen-bond acceptors (Lipinski definition) is 3. The number of nitrogens with two attached hydrogens (primary N) is 1. The van der Waals surface area contributed by atoms with Crippen LogP contribution in [-0.2, 0) is 11.2 Å². The summed E-state index contributed by atoms with van der Waals surface area (Å²) in [6.07, 6.45) is 0.710. The molecule has 0 amide bonds. The molecule has 0 radical (unpaired) electrons. The quantitative estimate of drug-likeness (QED) is 0.852. The Morgan fingerprint density at radius 3 is 2.65 bits per heavy atom. The smallest absolute Gasteiger partial charge is 0.141 e. The van der Waals surface area contributed by atoms with Gasteiger partial charge in [0.25, 0.3) is 0 Å². The predicted molar refractivity (Wildman–Crippen MR) is 70.8 cm³/mol. The third-order valence-corrected chi connectivity index (χ3v) is 2.61. The Labute approximate surface area is 108 Å². The second kappa shape index (κ2) is 6.84. The molecule has 0 fully saturated rings. The van der Waals surface area contributed by atoms with Gasteiger partial charge in [-0.2, -0.15) is 0 Å². The second-order valence-corrected chi connectivity index (χ2v) is 4.70. The van der Waals surface area contributed by atoms with Gasteiger partial charge in [-0.1, -0.05) is 23.7 Å². The van der Waals surface area contributed by atoms with Crippen molar-refractivity contribution in [3.63, 3.8) is 0 Å². The normalized spacial score (nSPS) is 14.4. The summed E-state index contributed by atoms with van der Waals surface area (Å²) in [6.45, 7) is 4.44. The van der Waals surface area contributed by atoms with Gasteiger partial charge in [0.05, 0.1) is 11.6 Å². The predicted octanol–water partition coefficient (Wildman–Crippen LogP) is 2.64. The van der Waals surface area contributed by atoms with Gasteiger partial charge >= 0.3 is 0 Å². The molecule has 4 heteroatoms. The Morgan fingerprint density at radius 1 is 1.35 bits per heavy atom. The summed E-state index contributed by atoms with van der Waals surface area (Å²) >= 11 is 6.15. The van der Waals surface area contributed by atoms with Crippen molar-refractivity contribution >= 4 is 11.6 Å². The average Bonchev–Trinajstić information content (AvgIpc) is 2.23. The SMILES string of the molecule is COCC(C)Oc1c(Cl)cccc1CC(C)N. The molecule has 0 heterocycles. The second-order valence-electron chi connectivity index (χ2n) is 4.29. The molecule has 2 N–H and O–H groups in total. The molecule has 1 aromatic rings. The average molecular weight is 258 g/mol. The number of methoxy groups -OCH3 is 1. The minimum Gasteiger partial charge on any atom is -0.486 e. The first-order valence-corrected chi connectivity index (χ1v) is 6.11. The van der Waals surface area contributed by atoms with Crippen molar-refractivity contribution in [1.29, 1.82) is 0 Å². The highest BCUT2D eigenvalue weighted by molar-refractivity contribution is 6.32.